The number of fused-ring (bicyclic) bond motifs is 13. The summed E-state index contributed by atoms with van der Waals surface area (Å²) in [7, 11) is 0. The molecule has 5 heteroatoms. The number of benzene rings is 10. The lowest BCUT2D eigenvalue weighted by Gasteiger charge is -2.15. The summed E-state index contributed by atoms with van der Waals surface area (Å²) in [5.74, 6) is 1.94. The molecular formula is C57H35N5. The molecular weight excluding hydrogens is 755 g/mol. The molecule has 0 aliphatic rings. The van der Waals surface area contributed by atoms with Crippen molar-refractivity contribution in [3.05, 3.63) is 212 Å². The molecule has 3 heterocycles. The molecule has 62 heavy (non-hydrogen) atoms. The zero-order valence-electron chi connectivity index (χ0n) is 33.4. The maximum Gasteiger partial charge on any atom is 0.164 e. The van der Waals surface area contributed by atoms with Crippen molar-refractivity contribution in [2.75, 3.05) is 0 Å². The van der Waals surface area contributed by atoms with Gasteiger partial charge in [0.25, 0.3) is 0 Å². The predicted molar refractivity (Wildman–Crippen MR) is 257 cm³/mol. The van der Waals surface area contributed by atoms with Crippen LogP contribution in [0.3, 0.4) is 0 Å². The Bertz CT molecular complexity index is 3830. The molecule has 0 aliphatic heterocycles. The van der Waals surface area contributed by atoms with E-state index >= 15 is 0 Å². The smallest absolute Gasteiger partial charge is 0.164 e. The number of hydrogen-bond acceptors (Lipinski definition) is 3. The summed E-state index contributed by atoms with van der Waals surface area (Å²) in [6.07, 6.45) is 0. The maximum atomic E-state index is 5.07. The highest BCUT2D eigenvalue weighted by molar-refractivity contribution is 6.28. The third kappa shape index (κ3) is 5.18. The molecule has 0 radical (unpaired) electrons. The molecule has 288 valence electrons. The summed E-state index contributed by atoms with van der Waals surface area (Å²) in [6, 6.07) is 75.7. The van der Waals surface area contributed by atoms with Crippen molar-refractivity contribution in [2.45, 2.75) is 0 Å². The Hall–Kier alpha value is -8.41. The van der Waals surface area contributed by atoms with Crippen LogP contribution in [0.1, 0.15) is 0 Å². The van der Waals surface area contributed by atoms with Gasteiger partial charge in [-0.2, -0.15) is 0 Å². The largest absolute Gasteiger partial charge is 0.309 e. The van der Waals surface area contributed by atoms with E-state index in [4.69, 9.17) is 15.0 Å². The molecule has 0 saturated heterocycles. The molecule has 0 amide bonds. The molecule has 0 aliphatic carbocycles. The first-order valence-electron chi connectivity index (χ1n) is 21.0. The van der Waals surface area contributed by atoms with Crippen molar-refractivity contribution in [2.24, 2.45) is 0 Å². The molecule has 0 bridgehead atoms. The van der Waals surface area contributed by atoms with E-state index in [-0.39, 0.29) is 0 Å². The molecule has 10 aromatic carbocycles. The van der Waals surface area contributed by atoms with E-state index in [9.17, 15) is 0 Å². The van der Waals surface area contributed by atoms with Crippen LogP contribution in [-0.2, 0) is 0 Å². The maximum absolute atomic E-state index is 5.07. The normalized spacial score (nSPS) is 11.9. The van der Waals surface area contributed by atoms with E-state index in [1.807, 2.05) is 60.7 Å². The number of aromatic nitrogens is 5. The van der Waals surface area contributed by atoms with Crippen LogP contribution in [-0.4, -0.2) is 24.1 Å². The Morgan fingerprint density at radius 1 is 0.258 bits per heavy atom. The first kappa shape index (κ1) is 34.5. The molecule has 0 atom stereocenters. The van der Waals surface area contributed by atoms with E-state index in [0.717, 1.165) is 33.5 Å². The summed E-state index contributed by atoms with van der Waals surface area (Å²) in [6.45, 7) is 0. The van der Waals surface area contributed by atoms with Crippen molar-refractivity contribution in [1.82, 2.24) is 24.1 Å². The topological polar surface area (TPSA) is 48.5 Å². The molecule has 3 aromatic heterocycles. The summed E-state index contributed by atoms with van der Waals surface area (Å²) in [5, 5.41) is 12.1. The average molecular weight is 790 g/mol. The van der Waals surface area contributed by atoms with E-state index in [0.29, 0.717) is 17.5 Å². The highest BCUT2D eigenvalue weighted by Gasteiger charge is 2.22. The fraction of sp³-hybridized carbons (Fsp3) is 0. The Kier molecular flexibility index (Phi) is 7.54. The quantitative estimate of drug-likeness (QED) is 0.163. The summed E-state index contributed by atoms with van der Waals surface area (Å²) < 4.78 is 4.90. The fourth-order valence-corrected chi connectivity index (χ4v) is 9.79. The molecule has 5 nitrogen and oxygen atoms in total. The lowest BCUT2D eigenvalue weighted by molar-refractivity contribution is 1.07. The van der Waals surface area contributed by atoms with Gasteiger partial charge in [0, 0.05) is 49.6 Å². The van der Waals surface area contributed by atoms with Crippen LogP contribution < -0.4 is 0 Å². The van der Waals surface area contributed by atoms with Gasteiger partial charge in [0.05, 0.1) is 22.1 Å². The van der Waals surface area contributed by atoms with Crippen LogP contribution in [0.2, 0.25) is 0 Å². The van der Waals surface area contributed by atoms with Gasteiger partial charge in [0.2, 0.25) is 0 Å². The van der Waals surface area contributed by atoms with Gasteiger partial charge in [-0.15, -0.1) is 0 Å². The van der Waals surface area contributed by atoms with Crippen LogP contribution in [0, 0.1) is 0 Å². The Morgan fingerprint density at radius 2 is 0.726 bits per heavy atom. The lowest BCUT2D eigenvalue weighted by atomic mass is 9.93. The van der Waals surface area contributed by atoms with Gasteiger partial charge < -0.3 is 9.13 Å². The minimum absolute atomic E-state index is 0.644. The van der Waals surface area contributed by atoms with Gasteiger partial charge in [-0.05, 0) is 80.8 Å². The third-order valence-corrected chi connectivity index (χ3v) is 12.5. The minimum Gasteiger partial charge on any atom is -0.309 e. The lowest BCUT2D eigenvalue weighted by Crippen LogP contribution is -2.00. The van der Waals surface area contributed by atoms with Crippen LogP contribution in [0.5, 0.6) is 0 Å². The van der Waals surface area contributed by atoms with Crippen molar-refractivity contribution < 1.29 is 0 Å². The number of para-hydroxylation sites is 3. The first-order chi connectivity index (χ1) is 30.8. The van der Waals surface area contributed by atoms with Gasteiger partial charge >= 0.3 is 0 Å². The van der Waals surface area contributed by atoms with Crippen molar-refractivity contribution >= 4 is 75.9 Å². The summed E-state index contributed by atoms with van der Waals surface area (Å²) in [4.78, 5) is 15.1. The fourth-order valence-electron chi connectivity index (χ4n) is 9.79. The first-order valence-corrected chi connectivity index (χ1v) is 21.0. The van der Waals surface area contributed by atoms with E-state index in [2.05, 4.69) is 161 Å². The van der Waals surface area contributed by atoms with Crippen LogP contribution >= 0.6 is 0 Å². The number of rotatable bonds is 5. The molecule has 0 unspecified atom stereocenters. The molecule has 0 spiro atoms. The van der Waals surface area contributed by atoms with E-state index < -0.39 is 0 Å². The highest BCUT2D eigenvalue weighted by Crippen LogP contribution is 2.44. The molecule has 0 fully saturated rings. The van der Waals surface area contributed by atoms with Crippen LogP contribution in [0.4, 0.5) is 0 Å². The average Bonchev–Trinajstić information content (AvgIpc) is 3.87. The Labute approximate surface area is 356 Å². The van der Waals surface area contributed by atoms with Crippen molar-refractivity contribution in [1.29, 1.82) is 0 Å². The van der Waals surface area contributed by atoms with Gasteiger partial charge in [0.15, 0.2) is 17.5 Å². The van der Waals surface area contributed by atoms with Crippen LogP contribution in [0.25, 0.3) is 121 Å². The molecule has 0 N–H and O–H groups in total. The van der Waals surface area contributed by atoms with Gasteiger partial charge in [-0.3, -0.25) is 0 Å². The van der Waals surface area contributed by atoms with E-state index in [1.165, 1.54) is 70.5 Å². The number of hydrogen-bond donors (Lipinski definition) is 0. The predicted octanol–water partition coefficient (Wildman–Crippen LogP) is 14.5. The Morgan fingerprint density at radius 3 is 1.37 bits per heavy atom. The second-order valence-electron chi connectivity index (χ2n) is 16.0. The van der Waals surface area contributed by atoms with Gasteiger partial charge in [-0.1, -0.05) is 164 Å². The molecule has 0 saturated carbocycles. The standard InChI is InChI=1S/C57H35N5/c1-4-16-36(17-5-1)55-58-56(37-18-6-2-7-19-37)60-57(59-55)38-28-30-43-44-31-29-40(35-49(44)42-23-11-10-22-41(42)48(43)34-38)62-50-26-14-12-24-45(50)46-32-33-52-53(54(46)62)47-25-13-15-27-51(47)61(52)39-20-8-3-9-21-39/h1-35H. The van der Waals surface area contributed by atoms with E-state index in [1.54, 1.807) is 0 Å². The zero-order valence-corrected chi connectivity index (χ0v) is 33.4. The van der Waals surface area contributed by atoms with Gasteiger partial charge in [-0.25, -0.2) is 15.0 Å². The van der Waals surface area contributed by atoms with Crippen LogP contribution in [0.15, 0.2) is 212 Å². The van der Waals surface area contributed by atoms with Crippen molar-refractivity contribution in [3.63, 3.8) is 0 Å². The highest BCUT2D eigenvalue weighted by atomic mass is 15.0. The monoisotopic (exact) mass is 789 g/mol. The second-order valence-corrected chi connectivity index (χ2v) is 16.0. The zero-order chi connectivity index (χ0) is 40.7. The second kappa shape index (κ2) is 13.6. The van der Waals surface area contributed by atoms with Gasteiger partial charge in [0.1, 0.15) is 0 Å². The molecule has 13 rings (SSSR count). The SMILES string of the molecule is c1ccc(-c2nc(-c3ccccc3)nc(-c3ccc4c5ccc(-n6c7ccccc7c7ccc8c(c9ccccc9n8-c8ccccc8)c76)cc5c5ccccc5c4c3)n2)cc1. The summed E-state index contributed by atoms with van der Waals surface area (Å²) >= 11 is 0. The van der Waals surface area contributed by atoms with Crippen molar-refractivity contribution in [3.8, 4) is 45.5 Å². The minimum atomic E-state index is 0.644. The summed E-state index contributed by atoms with van der Waals surface area (Å²) in [5.41, 5.74) is 9.90. The molecule has 13 aromatic rings. The Balaban J connectivity index is 1.05. The third-order valence-electron chi connectivity index (χ3n) is 12.5. The number of nitrogens with zero attached hydrogens (tertiary/aromatic N) is 5.